The Hall–Kier alpha value is -2.25. The molecule has 8 heteroatoms. The van der Waals surface area contributed by atoms with Crippen molar-refractivity contribution in [3.05, 3.63) is 23.8 Å². The number of Topliss-reactive ketones (excluding diaryl/α,β-unsaturated/α-hetero) is 1. The van der Waals surface area contributed by atoms with E-state index in [0.29, 0.717) is 0 Å². The highest BCUT2D eigenvalue weighted by Gasteiger charge is 2.40. The Morgan fingerprint density at radius 2 is 1.77 bits per heavy atom. The number of carbonyl (C=O) groups is 2. The molecule has 0 amide bonds. The SMILES string of the molecule is CC(C)(C)OC(=O)COc1ccc(N)c(C(=O)C(F)(F)F)c1. The van der Waals surface area contributed by atoms with Gasteiger partial charge in [0.1, 0.15) is 11.4 Å². The summed E-state index contributed by atoms with van der Waals surface area (Å²) in [5.74, 6) is -2.85. The monoisotopic (exact) mass is 319 g/mol. The van der Waals surface area contributed by atoms with E-state index in [-0.39, 0.29) is 11.4 Å². The van der Waals surface area contributed by atoms with Crippen molar-refractivity contribution in [3.63, 3.8) is 0 Å². The standard InChI is InChI=1S/C14H16F3NO4/c1-13(2,3)22-11(19)7-21-8-4-5-10(18)9(6-8)12(20)14(15,16)17/h4-6H,7,18H2,1-3H3. The van der Waals surface area contributed by atoms with Crippen LogP contribution in [0.2, 0.25) is 0 Å². The third kappa shape index (κ3) is 5.27. The lowest BCUT2D eigenvalue weighted by molar-refractivity contribution is -0.157. The van der Waals surface area contributed by atoms with Crippen molar-refractivity contribution in [3.8, 4) is 5.75 Å². The maximum Gasteiger partial charge on any atom is 0.454 e. The van der Waals surface area contributed by atoms with Crippen LogP contribution in [0.5, 0.6) is 5.75 Å². The molecular formula is C14H16F3NO4. The van der Waals surface area contributed by atoms with Crippen LogP contribution in [0.25, 0.3) is 0 Å². The molecule has 0 aromatic heterocycles. The first kappa shape index (κ1) is 17.8. The molecule has 1 aromatic carbocycles. The molecule has 0 radical (unpaired) electrons. The van der Waals surface area contributed by atoms with Crippen molar-refractivity contribution in [1.29, 1.82) is 0 Å². The predicted molar refractivity (Wildman–Crippen MR) is 72.6 cm³/mol. The van der Waals surface area contributed by atoms with Gasteiger partial charge in [0.25, 0.3) is 5.78 Å². The Kier molecular flexibility index (Phi) is 5.05. The number of rotatable bonds is 4. The summed E-state index contributed by atoms with van der Waals surface area (Å²) in [6.45, 7) is 4.48. The normalized spacial score (nSPS) is 11.9. The van der Waals surface area contributed by atoms with E-state index in [2.05, 4.69) is 0 Å². The van der Waals surface area contributed by atoms with E-state index in [0.717, 1.165) is 12.1 Å². The second-order valence-corrected chi connectivity index (χ2v) is 5.45. The van der Waals surface area contributed by atoms with Gasteiger partial charge in [0.05, 0.1) is 5.56 Å². The molecule has 122 valence electrons. The number of nitrogen functional groups attached to an aromatic ring is 1. The molecule has 1 aromatic rings. The van der Waals surface area contributed by atoms with E-state index in [1.165, 1.54) is 6.07 Å². The number of benzene rings is 1. The van der Waals surface area contributed by atoms with Gasteiger partial charge in [-0.15, -0.1) is 0 Å². The molecule has 0 aliphatic carbocycles. The zero-order valence-corrected chi connectivity index (χ0v) is 12.3. The summed E-state index contributed by atoms with van der Waals surface area (Å²) in [5, 5.41) is 0. The molecule has 22 heavy (non-hydrogen) atoms. The Morgan fingerprint density at radius 1 is 1.18 bits per heavy atom. The molecular weight excluding hydrogens is 303 g/mol. The van der Waals surface area contributed by atoms with Gasteiger partial charge in [-0.2, -0.15) is 13.2 Å². The van der Waals surface area contributed by atoms with Crippen molar-refractivity contribution in [2.75, 3.05) is 12.3 Å². The van der Waals surface area contributed by atoms with Gasteiger partial charge >= 0.3 is 12.1 Å². The molecule has 0 saturated heterocycles. The third-order valence-corrected chi connectivity index (χ3v) is 2.30. The van der Waals surface area contributed by atoms with Crippen molar-refractivity contribution in [2.45, 2.75) is 32.5 Å². The number of ketones is 1. The highest BCUT2D eigenvalue weighted by Crippen LogP contribution is 2.27. The summed E-state index contributed by atoms with van der Waals surface area (Å²) in [4.78, 5) is 22.7. The number of anilines is 1. The average molecular weight is 319 g/mol. The van der Waals surface area contributed by atoms with Gasteiger partial charge in [0.15, 0.2) is 6.61 Å². The van der Waals surface area contributed by atoms with Crippen molar-refractivity contribution < 1.29 is 32.2 Å². The Morgan fingerprint density at radius 3 is 2.27 bits per heavy atom. The first-order valence-corrected chi connectivity index (χ1v) is 6.26. The molecule has 0 spiro atoms. The number of esters is 1. The van der Waals surface area contributed by atoms with Crippen LogP contribution in [0.15, 0.2) is 18.2 Å². The fourth-order valence-electron chi connectivity index (χ4n) is 1.49. The molecule has 0 bridgehead atoms. The van der Waals surface area contributed by atoms with Gasteiger partial charge in [-0.1, -0.05) is 0 Å². The van der Waals surface area contributed by atoms with Crippen molar-refractivity contribution >= 4 is 17.4 Å². The molecule has 0 unspecified atom stereocenters. The second-order valence-electron chi connectivity index (χ2n) is 5.45. The number of carbonyl (C=O) groups excluding carboxylic acids is 2. The molecule has 5 nitrogen and oxygen atoms in total. The Balaban J connectivity index is 2.82. The summed E-state index contributed by atoms with van der Waals surface area (Å²) in [7, 11) is 0. The average Bonchev–Trinajstić information content (AvgIpc) is 2.33. The molecule has 0 aliphatic rings. The van der Waals surface area contributed by atoms with Gasteiger partial charge in [-0.3, -0.25) is 4.79 Å². The summed E-state index contributed by atoms with van der Waals surface area (Å²) in [6, 6.07) is 3.20. The van der Waals surface area contributed by atoms with E-state index in [9.17, 15) is 22.8 Å². The van der Waals surface area contributed by atoms with Crippen molar-refractivity contribution in [1.82, 2.24) is 0 Å². The number of alkyl halides is 3. The van der Waals surface area contributed by atoms with E-state index >= 15 is 0 Å². The lowest BCUT2D eigenvalue weighted by atomic mass is 10.1. The fourth-order valence-corrected chi connectivity index (χ4v) is 1.49. The highest BCUT2D eigenvalue weighted by atomic mass is 19.4. The van der Waals surface area contributed by atoms with Crippen LogP contribution in [-0.4, -0.2) is 30.1 Å². The molecule has 0 heterocycles. The molecule has 0 saturated carbocycles. The van der Waals surface area contributed by atoms with Gasteiger partial charge in [-0.05, 0) is 39.0 Å². The van der Waals surface area contributed by atoms with Gasteiger partial charge in [-0.25, -0.2) is 4.79 Å². The summed E-state index contributed by atoms with van der Waals surface area (Å²) in [5.41, 5.74) is 3.59. The molecule has 2 N–H and O–H groups in total. The van der Waals surface area contributed by atoms with Crippen LogP contribution in [0.4, 0.5) is 18.9 Å². The molecule has 1 rings (SSSR count). The minimum atomic E-state index is -5.04. The summed E-state index contributed by atoms with van der Waals surface area (Å²) < 4.78 is 47.3. The zero-order valence-electron chi connectivity index (χ0n) is 12.3. The van der Waals surface area contributed by atoms with Crippen LogP contribution in [-0.2, 0) is 9.53 Å². The third-order valence-electron chi connectivity index (χ3n) is 2.30. The molecule has 0 atom stereocenters. The predicted octanol–water partition coefficient (Wildman–Crippen LogP) is 2.73. The lowest BCUT2D eigenvalue weighted by Crippen LogP contribution is -2.27. The molecule has 0 fully saturated rings. The molecule has 0 aliphatic heterocycles. The summed E-state index contributed by atoms with van der Waals surface area (Å²) >= 11 is 0. The minimum absolute atomic E-state index is 0.0901. The minimum Gasteiger partial charge on any atom is -0.482 e. The topological polar surface area (TPSA) is 78.6 Å². The number of hydrogen-bond acceptors (Lipinski definition) is 5. The second kappa shape index (κ2) is 6.25. The van der Waals surface area contributed by atoms with E-state index in [4.69, 9.17) is 15.2 Å². The highest BCUT2D eigenvalue weighted by molar-refractivity contribution is 6.04. The van der Waals surface area contributed by atoms with Gasteiger partial charge < -0.3 is 15.2 Å². The van der Waals surface area contributed by atoms with Crippen LogP contribution in [0.3, 0.4) is 0 Å². The largest absolute Gasteiger partial charge is 0.482 e. The zero-order chi connectivity index (χ0) is 17.1. The van der Waals surface area contributed by atoms with E-state index in [1.54, 1.807) is 20.8 Å². The smallest absolute Gasteiger partial charge is 0.454 e. The van der Waals surface area contributed by atoms with Crippen LogP contribution >= 0.6 is 0 Å². The number of ether oxygens (including phenoxy) is 2. The number of halogens is 3. The van der Waals surface area contributed by atoms with Crippen LogP contribution in [0, 0.1) is 0 Å². The lowest BCUT2D eigenvalue weighted by Gasteiger charge is -2.19. The maximum atomic E-state index is 12.4. The van der Waals surface area contributed by atoms with Gasteiger partial charge in [0, 0.05) is 5.69 Å². The van der Waals surface area contributed by atoms with E-state index < -0.39 is 35.7 Å². The van der Waals surface area contributed by atoms with E-state index in [1.807, 2.05) is 0 Å². The van der Waals surface area contributed by atoms with Crippen LogP contribution < -0.4 is 10.5 Å². The first-order valence-electron chi connectivity index (χ1n) is 6.26. The Bertz CT molecular complexity index is 576. The maximum absolute atomic E-state index is 12.4. The summed E-state index contributed by atoms with van der Waals surface area (Å²) in [6.07, 6.45) is -5.04. The Labute approximate surface area is 125 Å². The quantitative estimate of drug-likeness (QED) is 0.524. The number of hydrogen-bond donors (Lipinski definition) is 1. The first-order chi connectivity index (χ1) is 9.90. The number of nitrogens with two attached hydrogens (primary N) is 1. The van der Waals surface area contributed by atoms with Gasteiger partial charge in [0.2, 0.25) is 0 Å². The fraction of sp³-hybridized carbons (Fsp3) is 0.429. The van der Waals surface area contributed by atoms with Crippen molar-refractivity contribution in [2.24, 2.45) is 0 Å². The van der Waals surface area contributed by atoms with Crippen LogP contribution in [0.1, 0.15) is 31.1 Å².